The summed E-state index contributed by atoms with van der Waals surface area (Å²) in [6, 6.07) is 110. The van der Waals surface area contributed by atoms with Gasteiger partial charge >= 0.3 is 0 Å². The van der Waals surface area contributed by atoms with E-state index in [-0.39, 0.29) is 0 Å². The molecule has 4 heterocycles. The Morgan fingerprint density at radius 2 is 0.539 bits per heavy atom. The first kappa shape index (κ1) is 51.7. The van der Waals surface area contributed by atoms with Crippen LogP contribution in [0.2, 0.25) is 0 Å². The van der Waals surface area contributed by atoms with E-state index >= 15 is 0 Å². The molecular weight excluding hydrogens is 1080 g/mol. The summed E-state index contributed by atoms with van der Waals surface area (Å²) in [5.41, 5.74) is 23.7. The second-order valence-corrected chi connectivity index (χ2v) is 23.3. The second-order valence-electron chi connectivity index (χ2n) is 23.3. The van der Waals surface area contributed by atoms with E-state index in [0.717, 1.165) is 111 Å². The van der Waals surface area contributed by atoms with Gasteiger partial charge in [-0.25, -0.2) is 15.0 Å². The van der Waals surface area contributed by atoms with E-state index in [0.29, 0.717) is 17.5 Å². The normalized spacial score (nSPS) is 11.7. The van der Waals surface area contributed by atoms with Crippen LogP contribution in [0.15, 0.2) is 303 Å². The predicted molar refractivity (Wildman–Crippen MR) is 370 cm³/mol. The van der Waals surface area contributed by atoms with Gasteiger partial charge in [-0.15, -0.1) is 0 Å². The highest BCUT2D eigenvalue weighted by atomic mass is 15.0. The molecule has 0 aliphatic rings. The topological polar surface area (TPSA) is 53.5 Å². The van der Waals surface area contributed by atoms with Crippen LogP contribution in [-0.4, -0.2) is 28.7 Å². The fourth-order valence-electron chi connectivity index (χ4n) is 13.5. The van der Waals surface area contributed by atoms with E-state index in [2.05, 4.69) is 294 Å². The van der Waals surface area contributed by atoms with Crippen molar-refractivity contribution in [1.82, 2.24) is 28.7 Å². The van der Waals surface area contributed by atoms with Crippen LogP contribution in [0.25, 0.3) is 161 Å². The maximum Gasteiger partial charge on any atom is 0.164 e. The van der Waals surface area contributed by atoms with E-state index < -0.39 is 0 Å². The van der Waals surface area contributed by atoms with Crippen LogP contribution in [0.1, 0.15) is 11.1 Å². The number of hydrogen-bond acceptors (Lipinski definition) is 3. The van der Waals surface area contributed by atoms with Crippen molar-refractivity contribution in [2.45, 2.75) is 13.8 Å². The first-order valence-electron chi connectivity index (χ1n) is 30.4. The molecule has 0 bridgehead atoms. The summed E-state index contributed by atoms with van der Waals surface area (Å²) in [6.45, 7) is 4.30. The Kier molecular flexibility index (Phi) is 12.2. The highest BCUT2D eigenvalue weighted by Crippen LogP contribution is 2.47. The number of rotatable bonds is 10. The number of hydrogen-bond donors (Lipinski definition) is 0. The number of para-hydroxylation sites is 4. The summed E-state index contributed by atoms with van der Waals surface area (Å²) in [5, 5.41) is 7.15. The summed E-state index contributed by atoms with van der Waals surface area (Å²) in [5.74, 6) is 1.76. The van der Waals surface area contributed by atoms with Gasteiger partial charge in [-0.05, 0) is 132 Å². The van der Waals surface area contributed by atoms with Crippen molar-refractivity contribution in [2.75, 3.05) is 0 Å². The third-order valence-electron chi connectivity index (χ3n) is 17.8. The molecule has 0 amide bonds. The zero-order valence-corrected chi connectivity index (χ0v) is 49.1. The molecule has 89 heavy (non-hydrogen) atoms. The molecule has 0 aliphatic heterocycles. The zero-order chi connectivity index (χ0) is 59.1. The first-order chi connectivity index (χ1) is 43.9. The fourth-order valence-corrected chi connectivity index (χ4v) is 13.5. The number of aryl methyl sites for hydroxylation is 2. The molecule has 6 nitrogen and oxygen atoms in total. The minimum Gasteiger partial charge on any atom is -0.309 e. The summed E-state index contributed by atoms with van der Waals surface area (Å²) in [4.78, 5) is 16.1. The molecule has 0 N–H and O–H groups in total. The van der Waals surface area contributed by atoms with Crippen molar-refractivity contribution in [2.24, 2.45) is 0 Å². The Bertz CT molecular complexity index is 5170. The number of aromatic nitrogens is 6. The van der Waals surface area contributed by atoms with Crippen LogP contribution in [0.3, 0.4) is 0 Å². The summed E-state index contributed by atoms with van der Waals surface area (Å²) in [7, 11) is 0. The average Bonchev–Trinajstić information content (AvgIpc) is 1.68. The Labute approximate surface area is 515 Å². The van der Waals surface area contributed by atoms with Crippen molar-refractivity contribution in [1.29, 1.82) is 0 Å². The van der Waals surface area contributed by atoms with Gasteiger partial charge in [0, 0.05) is 71.5 Å². The van der Waals surface area contributed by atoms with Crippen LogP contribution < -0.4 is 0 Å². The van der Waals surface area contributed by atoms with Gasteiger partial charge in [0.25, 0.3) is 0 Å². The maximum absolute atomic E-state index is 5.46. The van der Waals surface area contributed by atoms with Gasteiger partial charge < -0.3 is 13.7 Å². The maximum atomic E-state index is 5.46. The quantitative estimate of drug-likeness (QED) is 0.137. The van der Waals surface area contributed by atoms with Gasteiger partial charge in [0.05, 0.1) is 38.8 Å². The lowest BCUT2D eigenvalue weighted by Gasteiger charge is -2.22. The van der Waals surface area contributed by atoms with Gasteiger partial charge in [-0.1, -0.05) is 230 Å². The Morgan fingerprint density at radius 3 is 0.933 bits per heavy atom. The highest BCUT2D eigenvalue weighted by molar-refractivity contribution is 6.14. The van der Waals surface area contributed by atoms with Gasteiger partial charge in [0.1, 0.15) is 0 Å². The van der Waals surface area contributed by atoms with Crippen molar-refractivity contribution < 1.29 is 0 Å². The number of fused-ring (bicyclic) bond motifs is 9. The molecule has 0 spiro atoms. The van der Waals surface area contributed by atoms with E-state index in [1.807, 2.05) is 36.4 Å². The van der Waals surface area contributed by atoms with Crippen molar-refractivity contribution in [3.63, 3.8) is 0 Å². The molecule has 4 aromatic heterocycles. The molecule has 0 radical (unpaired) electrons. The number of benzene rings is 13. The Morgan fingerprint density at radius 1 is 0.213 bits per heavy atom. The van der Waals surface area contributed by atoms with Crippen LogP contribution in [0, 0.1) is 13.8 Å². The Balaban J connectivity index is 1.01. The molecule has 0 saturated heterocycles. The lowest BCUT2D eigenvalue weighted by molar-refractivity contribution is 1.07. The van der Waals surface area contributed by atoms with Gasteiger partial charge in [-0.3, -0.25) is 0 Å². The minimum atomic E-state index is 0.566. The summed E-state index contributed by atoms with van der Waals surface area (Å²) < 4.78 is 7.37. The predicted octanol–water partition coefficient (Wildman–Crippen LogP) is 21.4. The van der Waals surface area contributed by atoms with Gasteiger partial charge in [0.15, 0.2) is 17.5 Å². The molecule has 0 fully saturated rings. The summed E-state index contributed by atoms with van der Waals surface area (Å²) in [6.07, 6.45) is 0. The highest BCUT2D eigenvalue weighted by Gasteiger charge is 2.26. The fraction of sp³-hybridized carbons (Fsp3) is 0.0241. The lowest BCUT2D eigenvalue weighted by atomic mass is 9.92. The SMILES string of the molecule is Cc1ccc(-c2ccc3c(c2)c2cc(-c4ccc(C)cc4)ccc2n3-c2c(-c3cccc(-n4c5ccccc5c5ccccc54)c3)cc(-c3nc(-c4ccccc4)nc(-c4ccccc4)n3)cc2-c2cccc(-n3c4ccccc4c4ccccc43)c2)cc1. The summed E-state index contributed by atoms with van der Waals surface area (Å²) >= 11 is 0. The molecular formula is C83H56N6. The zero-order valence-electron chi connectivity index (χ0n) is 49.1. The van der Waals surface area contributed by atoms with E-state index in [1.165, 1.54) is 43.8 Å². The number of nitrogens with zero attached hydrogens (tertiary/aromatic N) is 6. The van der Waals surface area contributed by atoms with E-state index in [1.54, 1.807) is 0 Å². The molecule has 0 unspecified atom stereocenters. The van der Waals surface area contributed by atoms with Crippen molar-refractivity contribution in [3.8, 4) is 95.7 Å². The van der Waals surface area contributed by atoms with Crippen molar-refractivity contribution >= 4 is 65.4 Å². The van der Waals surface area contributed by atoms with Gasteiger partial charge in [-0.2, -0.15) is 0 Å². The van der Waals surface area contributed by atoms with E-state index in [4.69, 9.17) is 15.0 Å². The second kappa shape index (κ2) is 21.1. The molecule has 17 rings (SSSR count). The molecule has 418 valence electrons. The van der Waals surface area contributed by atoms with Crippen LogP contribution in [0.5, 0.6) is 0 Å². The van der Waals surface area contributed by atoms with Crippen LogP contribution in [0.4, 0.5) is 0 Å². The molecule has 6 heteroatoms. The smallest absolute Gasteiger partial charge is 0.164 e. The third kappa shape index (κ3) is 8.83. The van der Waals surface area contributed by atoms with E-state index in [9.17, 15) is 0 Å². The third-order valence-corrected chi connectivity index (χ3v) is 17.8. The lowest BCUT2D eigenvalue weighted by Crippen LogP contribution is -2.05. The molecule has 0 aliphatic carbocycles. The largest absolute Gasteiger partial charge is 0.309 e. The molecule has 0 atom stereocenters. The molecule has 0 saturated carbocycles. The standard InChI is InChI=1S/C83H56N6/c1-53-35-39-55(40-36-53)59-43-45-78-72(49-59)73-50-60(56-41-37-54(2)38-42-56)44-46-79(73)89(78)80-70(61-23-17-25-64(47-61)87-74-31-13-9-27-66(74)67-28-10-14-32-75(67)87)51-63(83-85-81(57-19-5-3-6-20-57)84-82(86-83)58-21-7-4-8-22-58)52-71(80)62-24-18-26-65(48-62)88-76-33-15-11-29-68(76)69-30-12-16-34-77(69)88/h3-52H,1-2H3. The molecule has 13 aromatic carbocycles. The van der Waals surface area contributed by atoms with Crippen LogP contribution in [-0.2, 0) is 0 Å². The Hall–Kier alpha value is -11.7. The average molecular weight is 1140 g/mol. The first-order valence-corrected chi connectivity index (χ1v) is 30.4. The van der Waals surface area contributed by atoms with Gasteiger partial charge in [0.2, 0.25) is 0 Å². The minimum absolute atomic E-state index is 0.566. The molecule has 17 aromatic rings. The monoisotopic (exact) mass is 1140 g/mol. The van der Waals surface area contributed by atoms with Crippen LogP contribution >= 0.6 is 0 Å². The van der Waals surface area contributed by atoms with Crippen molar-refractivity contribution in [3.05, 3.63) is 314 Å².